The molecular formula is C36H32N2. The minimum absolute atomic E-state index is 0.454. The van der Waals surface area contributed by atoms with E-state index in [4.69, 9.17) is 0 Å². The molecule has 7 aromatic rings. The molecule has 0 radical (unpaired) electrons. The highest BCUT2D eigenvalue weighted by Gasteiger charge is 2.17. The molecule has 186 valence electrons. The van der Waals surface area contributed by atoms with Gasteiger partial charge in [0, 0.05) is 44.3 Å². The van der Waals surface area contributed by atoms with Crippen molar-refractivity contribution >= 4 is 43.6 Å². The average Bonchev–Trinajstić information content (AvgIpc) is 3.48. The van der Waals surface area contributed by atoms with Crippen LogP contribution in [0.2, 0.25) is 0 Å². The van der Waals surface area contributed by atoms with Gasteiger partial charge in [-0.3, -0.25) is 0 Å². The van der Waals surface area contributed by atoms with E-state index in [1.807, 2.05) is 0 Å². The van der Waals surface area contributed by atoms with E-state index in [-0.39, 0.29) is 0 Å². The quantitative estimate of drug-likeness (QED) is 0.218. The number of aromatic nitrogens is 2. The normalized spacial score (nSPS) is 12.7. The maximum Gasteiger partial charge on any atom is 0.0547 e. The predicted molar refractivity (Wildman–Crippen MR) is 163 cm³/mol. The van der Waals surface area contributed by atoms with Crippen LogP contribution >= 0.6 is 0 Å². The van der Waals surface area contributed by atoms with Crippen molar-refractivity contribution in [3.8, 4) is 16.8 Å². The summed E-state index contributed by atoms with van der Waals surface area (Å²) in [5.74, 6) is 0. The van der Waals surface area contributed by atoms with Crippen molar-refractivity contribution < 1.29 is 0 Å². The Kier molecular flexibility index (Phi) is 5.55. The van der Waals surface area contributed by atoms with Crippen LogP contribution in [0.15, 0.2) is 115 Å². The lowest BCUT2D eigenvalue weighted by molar-refractivity contribution is 0.509. The molecule has 0 fully saturated rings. The van der Waals surface area contributed by atoms with Gasteiger partial charge in [-0.1, -0.05) is 98.6 Å². The van der Waals surface area contributed by atoms with Gasteiger partial charge in [-0.25, -0.2) is 0 Å². The van der Waals surface area contributed by atoms with Gasteiger partial charge in [-0.15, -0.1) is 0 Å². The fourth-order valence-electron chi connectivity index (χ4n) is 6.29. The number of fused-ring (bicyclic) bond motifs is 6. The summed E-state index contributed by atoms with van der Waals surface area (Å²) in [4.78, 5) is 0. The van der Waals surface area contributed by atoms with Gasteiger partial charge in [-0.2, -0.15) is 0 Å². The van der Waals surface area contributed by atoms with Gasteiger partial charge in [0.15, 0.2) is 0 Å². The standard InChI is InChI=1S/C36H32N2/c1-3-4-12-25(2)37-33-17-10-8-15-29(33)31-21-19-26(23-35(31)37)27-20-22-32-30-16-9-11-18-34(30)38(36(32)24-27)28-13-6-5-7-14-28/h5-11,13-25H,3-4,12H2,1-2H3. The third-order valence-corrected chi connectivity index (χ3v) is 8.15. The molecule has 0 aliphatic carbocycles. The van der Waals surface area contributed by atoms with Gasteiger partial charge in [0.05, 0.1) is 11.0 Å². The van der Waals surface area contributed by atoms with E-state index in [2.05, 4.69) is 138 Å². The van der Waals surface area contributed by atoms with Gasteiger partial charge in [0.25, 0.3) is 0 Å². The first kappa shape index (κ1) is 22.9. The number of nitrogens with zero attached hydrogens (tertiary/aromatic N) is 2. The molecule has 0 aliphatic rings. The summed E-state index contributed by atoms with van der Waals surface area (Å²) in [7, 11) is 0. The van der Waals surface area contributed by atoms with E-state index in [0.29, 0.717) is 6.04 Å². The average molecular weight is 493 g/mol. The Morgan fingerprint density at radius 1 is 0.553 bits per heavy atom. The summed E-state index contributed by atoms with van der Waals surface area (Å²) in [5, 5.41) is 5.26. The van der Waals surface area contributed by atoms with Crippen molar-refractivity contribution in [2.45, 2.75) is 39.2 Å². The van der Waals surface area contributed by atoms with Crippen LogP contribution in [0, 0.1) is 0 Å². The van der Waals surface area contributed by atoms with E-state index < -0.39 is 0 Å². The van der Waals surface area contributed by atoms with Crippen LogP contribution in [0.4, 0.5) is 0 Å². The van der Waals surface area contributed by atoms with Gasteiger partial charge in [0.2, 0.25) is 0 Å². The second kappa shape index (κ2) is 9.22. The summed E-state index contributed by atoms with van der Waals surface area (Å²) < 4.78 is 4.97. The van der Waals surface area contributed by atoms with Crippen LogP contribution < -0.4 is 0 Å². The maximum absolute atomic E-state index is 2.57. The summed E-state index contributed by atoms with van der Waals surface area (Å²) in [6.07, 6.45) is 3.66. The first-order valence-electron chi connectivity index (χ1n) is 13.9. The second-order valence-electron chi connectivity index (χ2n) is 10.5. The summed E-state index contributed by atoms with van der Waals surface area (Å²) in [6, 6.07) is 42.8. The molecule has 2 heteroatoms. The molecule has 38 heavy (non-hydrogen) atoms. The van der Waals surface area contributed by atoms with Crippen molar-refractivity contribution in [3.05, 3.63) is 115 Å². The Labute approximate surface area is 223 Å². The zero-order valence-corrected chi connectivity index (χ0v) is 22.1. The molecule has 1 atom stereocenters. The lowest BCUT2D eigenvalue weighted by atomic mass is 10.0. The Morgan fingerprint density at radius 3 is 1.82 bits per heavy atom. The van der Waals surface area contributed by atoms with Crippen molar-refractivity contribution in [1.29, 1.82) is 0 Å². The minimum Gasteiger partial charge on any atom is -0.338 e. The van der Waals surface area contributed by atoms with E-state index in [1.165, 1.54) is 79.7 Å². The van der Waals surface area contributed by atoms with Crippen molar-refractivity contribution in [2.24, 2.45) is 0 Å². The monoisotopic (exact) mass is 492 g/mol. The van der Waals surface area contributed by atoms with E-state index >= 15 is 0 Å². The zero-order valence-electron chi connectivity index (χ0n) is 22.1. The zero-order chi connectivity index (χ0) is 25.6. The summed E-state index contributed by atoms with van der Waals surface area (Å²) in [6.45, 7) is 4.65. The molecule has 0 amide bonds. The molecule has 1 unspecified atom stereocenters. The van der Waals surface area contributed by atoms with E-state index in [0.717, 1.165) is 0 Å². The number of hydrogen-bond donors (Lipinski definition) is 0. The van der Waals surface area contributed by atoms with Crippen molar-refractivity contribution in [3.63, 3.8) is 0 Å². The molecule has 0 N–H and O–H groups in total. The highest BCUT2D eigenvalue weighted by molar-refractivity contribution is 6.11. The number of benzene rings is 5. The Morgan fingerprint density at radius 2 is 1.11 bits per heavy atom. The highest BCUT2D eigenvalue weighted by atomic mass is 15.0. The van der Waals surface area contributed by atoms with Crippen molar-refractivity contribution in [2.75, 3.05) is 0 Å². The van der Waals surface area contributed by atoms with Crippen LogP contribution in [0.3, 0.4) is 0 Å². The van der Waals surface area contributed by atoms with Gasteiger partial charge in [-0.05, 0) is 60.9 Å². The maximum atomic E-state index is 2.57. The third kappa shape index (κ3) is 3.55. The molecule has 7 rings (SSSR count). The number of para-hydroxylation sites is 3. The van der Waals surface area contributed by atoms with Crippen molar-refractivity contribution in [1.82, 2.24) is 9.13 Å². The molecule has 2 aromatic heterocycles. The van der Waals surface area contributed by atoms with Crippen LogP contribution in [0.25, 0.3) is 60.4 Å². The number of rotatable bonds is 6. The molecule has 0 bridgehead atoms. The van der Waals surface area contributed by atoms with Crippen LogP contribution in [0.5, 0.6) is 0 Å². The fourth-order valence-corrected chi connectivity index (χ4v) is 6.29. The largest absolute Gasteiger partial charge is 0.338 e. The van der Waals surface area contributed by atoms with Crippen LogP contribution in [-0.4, -0.2) is 9.13 Å². The summed E-state index contributed by atoms with van der Waals surface area (Å²) >= 11 is 0. The Balaban J connectivity index is 1.46. The van der Waals surface area contributed by atoms with Crippen LogP contribution in [-0.2, 0) is 0 Å². The molecular weight excluding hydrogens is 460 g/mol. The smallest absolute Gasteiger partial charge is 0.0547 e. The molecule has 0 aliphatic heterocycles. The van der Waals surface area contributed by atoms with Gasteiger partial charge in [0.1, 0.15) is 0 Å². The second-order valence-corrected chi connectivity index (χ2v) is 10.5. The molecule has 2 heterocycles. The molecule has 0 spiro atoms. The Bertz CT molecular complexity index is 1920. The molecule has 0 saturated heterocycles. The lowest BCUT2D eigenvalue weighted by Crippen LogP contribution is -2.04. The van der Waals surface area contributed by atoms with E-state index in [9.17, 15) is 0 Å². The summed E-state index contributed by atoms with van der Waals surface area (Å²) in [5.41, 5.74) is 8.85. The number of hydrogen-bond acceptors (Lipinski definition) is 0. The molecule has 0 saturated carbocycles. The topological polar surface area (TPSA) is 9.86 Å². The Hall–Kier alpha value is -4.30. The highest BCUT2D eigenvalue weighted by Crippen LogP contribution is 2.38. The van der Waals surface area contributed by atoms with Crippen LogP contribution in [0.1, 0.15) is 39.2 Å². The third-order valence-electron chi connectivity index (χ3n) is 8.15. The lowest BCUT2D eigenvalue weighted by Gasteiger charge is -2.17. The number of unbranched alkanes of at least 4 members (excludes halogenated alkanes) is 1. The predicted octanol–water partition coefficient (Wildman–Crippen LogP) is 10.3. The first-order valence-corrected chi connectivity index (χ1v) is 13.9. The van der Waals surface area contributed by atoms with Gasteiger partial charge < -0.3 is 9.13 Å². The minimum atomic E-state index is 0.454. The SMILES string of the molecule is CCCCC(C)n1c2ccccc2c2ccc(-c3ccc4c5ccccc5n(-c5ccccc5)c4c3)cc21. The fraction of sp³-hybridized carbons (Fsp3) is 0.167. The molecule has 5 aromatic carbocycles. The first-order chi connectivity index (χ1) is 18.7. The van der Waals surface area contributed by atoms with E-state index in [1.54, 1.807) is 0 Å². The van der Waals surface area contributed by atoms with Gasteiger partial charge >= 0.3 is 0 Å². The molecule has 2 nitrogen and oxygen atoms in total.